The number of hydrogen-bond donors (Lipinski definition) is 3. The number of halogens is 6. The second-order valence-corrected chi connectivity index (χ2v) is 15.1. The smallest absolute Gasteiger partial charge is 0.430 e. The monoisotopic (exact) mass is 838 g/mol. The van der Waals surface area contributed by atoms with Crippen LogP contribution in [0.15, 0.2) is 0 Å². The Morgan fingerprint density at radius 1 is 0.745 bits per heavy atom. The molecule has 310 valence electrons. The second-order valence-electron chi connectivity index (χ2n) is 14.0. The quantitative estimate of drug-likeness (QED) is 0.253. The van der Waals surface area contributed by atoms with Crippen molar-refractivity contribution in [3.63, 3.8) is 0 Å². The molecule has 0 spiro atoms. The lowest BCUT2D eigenvalue weighted by atomic mass is 9.95. The molecule has 55 heavy (non-hydrogen) atoms. The molecule has 2 saturated carbocycles. The SMILES string of the molecule is C.C[C@H](C(=O)NC1CCCCC1)N(C)c1nc(Cl)nc2c1CCC2.C[NH2+][C@H](C)C(=O)NC1CCCCC1.Clc1nc(Cl)c2c(n1)CCC2.O=C([O-])C(F)(F)F. The molecule has 0 aliphatic heterocycles. The number of anilines is 1. The molecule has 6 rings (SSSR count). The first-order chi connectivity index (χ1) is 25.5. The third kappa shape index (κ3) is 15.5. The number of aryl methyl sites for hydroxylation is 2. The van der Waals surface area contributed by atoms with Gasteiger partial charge in [0.05, 0.1) is 18.4 Å². The van der Waals surface area contributed by atoms with Crippen LogP contribution in [0.25, 0.3) is 0 Å². The molecule has 4 aliphatic carbocycles. The van der Waals surface area contributed by atoms with Crippen LogP contribution in [0.3, 0.4) is 0 Å². The van der Waals surface area contributed by atoms with E-state index in [1.165, 1.54) is 51.4 Å². The lowest BCUT2D eigenvalue weighted by molar-refractivity contribution is -0.646. The number of quaternary nitrogens is 1. The van der Waals surface area contributed by atoms with Gasteiger partial charge in [0.25, 0.3) is 5.91 Å². The molecule has 0 aromatic carbocycles. The molecular formula is C37H56Cl3F3N8O4. The molecule has 18 heteroatoms. The molecule has 2 heterocycles. The Morgan fingerprint density at radius 2 is 1.18 bits per heavy atom. The molecule has 12 nitrogen and oxygen atoms in total. The predicted octanol–water partition coefficient (Wildman–Crippen LogP) is 5.12. The Bertz CT molecular complexity index is 1560. The van der Waals surface area contributed by atoms with Crippen molar-refractivity contribution in [1.82, 2.24) is 30.6 Å². The highest BCUT2D eigenvalue weighted by molar-refractivity contribution is 6.32. The van der Waals surface area contributed by atoms with Gasteiger partial charge < -0.3 is 30.8 Å². The number of carbonyl (C=O) groups excluding carboxylic acids is 3. The fraction of sp³-hybridized carbons (Fsp3) is 0.703. The number of likely N-dealkylation sites (N-methyl/N-ethyl adjacent to an activating group) is 2. The lowest BCUT2D eigenvalue weighted by Gasteiger charge is -2.30. The molecule has 2 amide bonds. The van der Waals surface area contributed by atoms with Crippen molar-refractivity contribution in [2.24, 2.45) is 0 Å². The van der Waals surface area contributed by atoms with Crippen LogP contribution in [-0.4, -0.2) is 82.2 Å². The van der Waals surface area contributed by atoms with Crippen LogP contribution < -0.4 is 26.0 Å². The molecule has 4 aliphatic rings. The van der Waals surface area contributed by atoms with Gasteiger partial charge in [0.15, 0.2) is 6.04 Å². The molecule has 0 bridgehead atoms. The zero-order chi connectivity index (χ0) is 40.0. The number of amides is 2. The van der Waals surface area contributed by atoms with E-state index in [0.29, 0.717) is 17.2 Å². The van der Waals surface area contributed by atoms with Crippen LogP contribution in [0.5, 0.6) is 0 Å². The summed E-state index contributed by atoms with van der Waals surface area (Å²) in [6.07, 6.45) is 13.0. The maximum atomic E-state index is 12.6. The topological polar surface area (TPSA) is 170 Å². The van der Waals surface area contributed by atoms with Crippen molar-refractivity contribution < 1.29 is 38.0 Å². The van der Waals surface area contributed by atoms with Crippen molar-refractivity contribution >= 4 is 58.4 Å². The normalized spacial score (nSPS) is 17.5. The third-order valence-corrected chi connectivity index (χ3v) is 10.7. The summed E-state index contributed by atoms with van der Waals surface area (Å²) in [4.78, 5) is 51.5. The maximum absolute atomic E-state index is 12.6. The van der Waals surface area contributed by atoms with E-state index in [9.17, 15) is 22.8 Å². The molecule has 2 fully saturated rings. The summed E-state index contributed by atoms with van der Waals surface area (Å²) < 4.78 is 31.5. The fourth-order valence-corrected chi connectivity index (χ4v) is 7.39. The number of carboxylic acid groups (broad SMARTS) is 1. The number of carboxylic acids is 1. The Labute approximate surface area is 337 Å². The summed E-state index contributed by atoms with van der Waals surface area (Å²) in [5.41, 5.74) is 4.28. The predicted molar refractivity (Wildman–Crippen MR) is 206 cm³/mol. The van der Waals surface area contributed by atoms with E-state index in [2.05, 4.69) is 30.6 Å². The zero-order valence-electron chi connectivity index (χ0n) is 31.3. The van der Waals surface area contributed by atoms with Gasteiger partial charge in [0, 0.05) is 30.3 Å². The van der Waals surface area contributed by atoms with Gasteiger partial charge >= 0.3 is 6.18 Å². The number of hydrogen-bond acceptors (Lipinski definition) is 9. The molecule has 2 atom stereocenters. The highest BCUT2D eigenvalue weighted by Gasteiger charge is 2.29. The van der Waals surface area contributed by atoms with E-state index in [4.69, 9.17) is 44.7 Å². The van der Waals surface area contributed by atoms with E-state index < -0.39 is 12.1 Å². The highest BCUT2D eigenvalue weighted by Crippen LogP contribution is 2.31. The number of nitrogens with one attached hydrogen (secondary N) is 2. The Balaban J connectivity index is 0.000000278. The van der Waals surface area contributed by atoms with E-state index in [0.717, 1.165) is 79.7 Å². The largest absolute Gasteiger partial charge is 0.542 e. The maximum Gasteiger partial charge on any atom is 0.430 e. The Morgan fingerprint density at radius 3 is 1.65 bits per heavy atom. The minimum absolute atomic E-state index is 0. The number of carbonyl (C=O) groups is 3. The van der Waals surface area contributed by atoms with Gasteiger partial charge in [-0.25, -0.2) is 19.9 Å². The number of fused-ring (bicyclic) bond motifs is 2. The van der Waals surface area contributed by atoms with E-state index in [-0.39, 0.29) is 41.9 Å². The first-order valence-electron chi connectivity index (χ1n) is 18.7. The van der Waals surface area contributed by atoms with Crippen molar-refractivity contribution in [3.8, 4) is 0 Å². The summed E-state index contributed by atoms with van der Waals surface area (Å²) >= 11 is 17.5. The molecule has 2 aromatic heterocycles. The summed E-state index contributed by atoms with van der Waals surface area (Å²) in [5, 5.41) is 18.1. The number of aromatic nitrogens is 4. The summed E-state index contributed by atoms with van der Waals surface area (Å²) in [6, 6.07) is 0.560. The Kier molecular flexibility index (Phi) is 20.4. The molecule has 0 saturated heterocycles. The average Bonchev–Trinajstić information content (AvgIpc) is 3.82. The van der Waals surface area contributed by atoms with Crippen molar-refractivity contribution in [2.75, 3.05) is 19.0 Å². The van der Waals surface area contributed by atoms with Gasteiger partial charge in [-0.3, -0.25) is 9.59 Å². The number of nitrogens with zero attached hydrogens (tertiary/aromatic N) is 5. The molecule has 2 aromatic rings. The number of nitrogens with two attached hydrogens (primary N) is 1. The van der Waals surface area contributed by atoms with Crippen LogP contribution >= 0.6 is 34.8 Å². The zero-order valence-corrected chi connectivity index (χ0v) is 33.6. The molecule has 0 unspecified atom stereocenters. The summed E-state index contributed by atoms with van der Waals surface area (Å²) in [7, 11) is 3.85. The summed E-state index contributed by atoms with van der Waals surface area (Å²) in [6.45, 7) is 3.87. The van der Waals surface area contributed by atoms with E-state index >= 15 is 0 Å². The first kappa shape index (κ1) is 48.1. The highest BCUT2D eigenvalue weighted by atomic mass is 35.5. The molecule has 4 N–H and O–H groups in total. The van der Waals surface area contributed by atoms with Crippen molar-refractivity contribution in [2.45, 2.75) is 154 Å². The second kappa shape index (κ2) is 23.3. The minimum atomic E-state index is -5.19. The van der Waals surface area contributed by atoms with Crippen molar-refractivity contribution in [3.05, 3.63) is 38.2 Å². The van der Waals surface area contributed by atoms with Gasteiger partial charge in [-0.1, -0.05) is 57.6 Å². The van der Waals surface area contributed by atoms with Gasteiger partial charge in [-0.2, -0.15) is 13.2 Å². The van der Waals surface area contributed by atoms with Crippen molar-refractivity contribution in [1.29, 1.82) is 0 Å². The van der Waals surface area contributed by atoms with Crippen LogP contribution in [0.4, 0.5) is 19.0 Å². The number of rotatable bonds is 7. The molecule has 0 radical (unpaired) electrons. The Hall–Kier alpha value is -3.01. The summed E-state index contributed by atoms with van der Waals surface area (Å²) in [5.74, 6) is -1.94. The first-order valence-corrected chi connectivity index (χ1v) is 19.8. The van der Waals surface area contributed by atoms with Crippen LogP contribution in [0.2, 0.25) is 15.7 Å². The number of aliphatic carboxylic acids is 1. The van der Waals surface area contributed by atoms with Crippen LogP contribution in [0.1, 0.15) is 121 Å². The van der Waals surface area contributed by atoms with E-state index in [1.54, 1.807) is 0 Å². The van der Waals surface area contributed by atoms with Crippen LogP contribution in [-0.2, 0) is 40.1 Å². The van der Waals surface area contributed by atoms with Gasteiger partial charge in [0.2, 0.25) is 16.5 Å². The third-order valence-electron chi connectivity index (χ3n) is 10.1. The molecular weight excluding hydrogens is 784 g/mol. The van der Waals surface area contributed by atoms with Gasteiger partial charge in [0.1, 0.15) is 23.0 Å². The number of alkyl halides is 3. The fourth-order valence-electron chi connectivity index (χ4n) is 6.69. The average molecular weight is 840 g/mol. The minimum Gasteiger partial charge on any atom is -0.542 e. The van der Waals surface area contributed by atoms with E-state index in [1.807, 2.05) is 38.2 Å². The van der Waals surface area contributed by atoms with Gasteiger partial charge in [-0.15, -0.1) is 0 Å². The van der Waals surface area contributed by atoms with Crippen LogP contribution in [0, 0.1) is 0 Å². The van der Waals surface area contributed by atoms with Gasteiger partial charge in [-0.05, 0) is 101 Å². The standard InChI is InChI=1S/C17H25ClN4O.C10H20N2O.C7H6Cl2N2.C2HF3O2.CH4/c1-11(16(23)19-12-7-4-3-5-8-12)22(2)15-13-9-6-10-14(13)20-17(18)21-15;1-8(11-2)10(13)12-9-6-4-3-5-7-9;8-6-4-2-1-3-5(4)10-7(9)11-6;3-2(4,5)1(6)7;/h11-12H,3-10H2,1-2H3,(H,19,23);8-9,11H,3-7H2,1-2H3,(H,12,13);1-3H2;(H,6,7);1H4/t11-;8-;;;/m11.../s1. The lowest BCUT2D eigenvalue weighted by Crippen LogP contribution is -2.88.